The van der Waals surface area contributed by atoms with Crippen LogP contribution < -0.4 is 11.1 Å². The first-order chi connectivity index (χ1) is 9.93. The van der Waals surface area contributed by atoms with Gasteiger partial charge in [-0.25, -0.2) is 0 Å². The summed E-state index contributed by atoms with van der Waals surface area (Å²) in [4.78, 5) is 23.6. The minimum absolute atomic E-state index is 0.147. The summed E-state index contributed by atoms with van der Waals surface area (Å²) in [5.74, 6) is 1.62. The van der Waals surface area contributed by atoms with E-state index in [0.717, 1.165) is 12.2 Å². The number of carbonyl (C=O) groups is 2. The Balaban J connectivity index is 3.78. The molecule has 6 heteroatoms. The van der Waals surface area contributed by atoms with Crippen molar-refractivity contribution in [3.63, 3.8) is 0 Å². The minimum Gasteiger partial charge on any atom is -0.354 e. The number of carbonyl (C=O) groups excluding carboxylic acids is 2. The number of hydrogen-bond donors (Lipinski definition) is 2. The fourth-order valence-corrected chi connectivity index (χ4v) is 3.95. The third kappa shape index (κ3) is 11.4. The van der Waals surface area contributed by atoms with Crippen molar-refractivity contribution in [1.29, 1.82) is 0 Å². The summed E-state index contributed by atoms with van der Waals surface area (Å²) in [5, 5.41) is 2.74. The Bertz CT molecular complexity index is 360. The number of nitrogens with two attached hydrogens (primary N) is 1. The van der Waals surface area contributed by atoms with Crippen molar-refractivity contribution in [2.75, 3.05) is 18.1 Å². The first-order valence-electron chi connectivity index (χ1n) is 7.74. The average molecular weight is 349 g/mol. The van der Waals surface area contributed by atoms with Crippen LogP contribution in [0, 0.1) is 10.8 Å². The highest BCUT2D eigenvalue weighted by molar-refractivity contribution is 8.76. The normalized spacial score (nSPS) is 13.8. The topological polar surface area (TPSA) is 72.2 Å². The van der Waals surface area contributed by atoms with Gasteiger partial charge in [0, 0.05) is 29.9 Å². The van der Waals surface area contributed by atoms with Crippen molar-refractivity contribution in [2.24, 2.45) is 16.6 Å². The van der Waals surface area contributed by atoms with Gasteiger partial charge in [0.1, 0.15) is 5.78 Å². The maximum absolute atomic E-state index is 11.8. The van der Waals surface area contributed by atoms with Crippen molar-refractivity contribution in [3.8, 4) is 0 Å². The maximum atomic E-state index is 11.8. The highest BCUT2D eigenvalue weighted by atomic mass is 33.1. The van der Waals surface area contributed by atoms with Gasteiger partial charge in [0.15, 0.2) is 0 Å². The van der Waals surface area contributed by atoms with Crippen molar-refractivity contribution in [2.45, 2.75) is 60.4 Å². The molecule has 130 valence electrons. The van der Waals surface area contributed by atoms with E-state index >= 15 is 0 Å². The molecule has 0 heterocycles. The summed E-state index contributed by atoms with van der Waals surface area (Å²) in [7, 11) is 3.40. The molecule has 0 saturated heterocycles. The van der Waals surface area contributed by atoms with Gasteiger partial charge in [-0.15, -0.1) is 0 Å². The molecule has 4 nitrogen and oxygen atoms in total. The third-order valence-electron chi connectivity index (χ3n) is 3.09. The Morgan fingerprint density at radius 1 is 1.09 bits per heavy atom. The van der Waals surface area contributed by atoms with Gasteiger partial charge >= 0.3 is 0 Å². The second kappa shape index (κ2) is 9.83. The fourth-order valence-electron chi connectivity index (χ4n) is 1.41. The van der Waals surface area contributed by atoms with Crippen LogP contribution >= 0.6 is 21.6 Å². The molecule has 1 unspecified atom stereocenters. The molecule has 0 bridgehead atoms. The third-order valence-corrected chi connectivity index (χ3v) is 5.53. The Hall–Kier alpha value is -0.200. The van der Waals surface area contributed by atoms with Crippen molar-refractivity contribution >= 4 is 33.3 Å². The summed E-state index contributed by atoms with van der Waals surface area (Å²) in [6, 6.07) is -0.517. The number of hydrogen-bond acceptors (Lipinski definition) is 5. The highest BCUT2D eigenvalue weighted by Gasteiger charge is 2.21. The monoisotopic (exact) mass is 348 g/mol. The van der Waals surface area contributed by atoms with E-state index in [1.165, 1.54) is 0 Å². The second-order valence-corrected chi connectivity index (χ2v) is 10.4. The zero-order valence-corrected chi connectivity index (χ0v) is 16.5. The van der Waals surface area contributed by atoms with Gasteiger partial charge in [0.05, 0.1) is 6.04 Å². The van der Waals surface area contributed by atoms with Crippen LogP contribution in [0.25, 0.3) is 0 Å². The van der Waals surface area contributed by atoms with Gasteiger partial charge in [-0.05, 0) is 11.8 Å². The summed E-state index contributed by atoms with van der Waals surface area (Å²) in [6.07, 6.45) is 1.50. The Morgan fingerprint density at radius 3 is 2.18 bits per heavy atom. The molecule has 0 radical (unpaired) electrons. The molecular formula is C16H32N2O2S2. The molecule has 0 aliphatic carbocycles. The predicted molar refractivity (Wildman–Crippen MR) is 99.1 cm³/mol. The quantitative estimate of drug-likeness (QED) is 0.494. The van der Waals surface area contributed by atoms with Gasteiger partial charge in [-0.1, -0.05) is 63.1 Å². The van der Waals surface area contributed by atoms with E-state index in [1.807, 2.05) is 20.8 Å². The predicted octanol–water partition coefficient (Wildman–Crippen LogP) is 3.25. The number of rotatable bonds is 9. The Morgan fingerprint density at radius 2 is 1.68 bits per heavy atom. The summed E-state index contributed by atoms with van der Waals surface area (Å²) in [5.41, 5.74) is 5.84. The Kier molecular flexibility index (Phi) is 9.74. The molecule has 0 aromatic heterocycles. The van der Waals surface area contributed by atoms with Gasteiger partial charge < -0.3 is 11.1 Å². The van der Waals surface area contributed by atoms with Crippen LogP contribution in [-0.2, 0) is 9.59 Å². The standard InChI is InChI=1S/C16H32N2O2S2/c1-15(2,3)8-10-21-22-11-12(17)14(20)18-9-7-13(19)16(4,5)6/h12H,7-11,17H2,1-6H3,(H,18,20). The number of nitrogens with one attached hydrogen (secondary N) is 1. The van der Waals surface area contributed by atoms with Crippen molar-refractivity contribution in [1.82, 2.24) is 5.32 Å². The zero-order chi connectivity index (χ0) is 17.4. The van der Waals surface area contributed by atoms with Crippen LogP contribution in [-0.4, -0.2) is 35.8 Å². The molecule has 3 N–H and O–H groups in total. The first kappa shape index (κ1) is 21.8. The van der Waals surface area contributed by atoms with E-state index in [4.69, 9.17) is 5.73 Å². The van der Waals surface area contributed by atoms with Gasteiger partial charge in [-0.3, -0.25) is 9.59 Å². The maximum Gasteiger partial charge on any atom is 0.237 e. The zero-order valence-electron chi connectivity index (χ0n) is 14.8. The number of amides is 1. The van der Waals surface area contributed by atoms with Crippen molar-refractivity contribution < 1.29 is 9.59 Å². The summed E-state index contributed by atoms with van der Waals surface area (Å²) < 4.78 is 0. The number of ketones is 1. The summed E-state index contributed by atoms with van der Waals surface area (Å²) >= 11 is 0. The van der Waals surface area contributed by atoms with Crippen LogP contribution in [0.5, 0.6) is 0 Å². The van der Waals surface area contributed by atoms with Crippen molar-refractivity contribution in [3.05, 3.63) is 0 Å². The minimum atomic E-state index is -0.517. The van der Waals surface area contributed by atoms with Crippen LogP contribution in [0.15, 0.2) is 0 Å². The van der Waals surface area contributed by atoms with Crippen LogP contribution in [0.4, 0.5) is 0 Å². The molecule has 0 saturated carbocycles. The molecular weight excluding hydrogens is 316 g/mol. The second-order valence-electron chi connectivity index (χ2n) is 7.74. The average Bonchev–Trinajstić information content (AvgIpc) is 2.35. The Labute approximate surface area is 143 Å². The molecule has 1 atom stereocenters. The lowest BCUT2D eigenvalue weighted by Gasteiger charge is -2.18. The van der Waals surface area contributed by atoms with Gasteiger partial charge in [0.25, 0.3) is 0 Å². The summed E-state index contributed by atoms with van der Waals surface area (Å²) in [6.45, 7) is 12.7. The van der Waals surface area contributed by atoms with E-state index in [-0.39, 0.29) is 17.1 Å². The highest BCUT2D eigenvalue weighted by Crippen LogP contribution is 2.28. The molecule has 0 aromatic rings. The molecule has 1 amide bonds. The molecule has 22 heavy (non-hydrogen) atoms. The molecule has 0 fully saturated rings. The van der Waals surface area contributed by atoms with E-state index < -0.39 is 6.04 Å². The fraction of sp³-hybridized carbons (Fsp3) is 0.875. The molecule has 0 spiro atoms. The number of Topliss-reactive ketones (excluding diaryl/α,β-unsaturated/α-hetero) is 1. The van der Waals surface area contributed by atoms with Crippen LogP contribution in [0.1, 0.15) is 54.4 Å². The molecule has 0 rings (SSSR count). The lowest BCUT2D eigenvalue weighted by Crippen LogP contribution is -2.43. The largest absolute Gasteiger partial charge is 0.354 e. The van der Waals surface area contributed by atoms with Gasteiger partial charge in [0.2, 0.25) is 5.91 Å². The van der Waals surface area contributed by atoms with Crippen LogP contribution in [0.3, 0.4) is 0 Å². The van der Waals surface area contributed by atoms with E-state index in [9.17, 15) is 9.59 Å². The molecule has 0 aliphatic rings. The first-order valence-corrected chi connectivity index (χ1v) is 10.2. The van der Waals surface area contributed by atoms with Crippen LogP contribution in [0.2, 0.25) is 0 Å². The lowest BCUT2D eigenvalue weighted by atomic mass is 9.89. The van der Waals surface area contributed by atoms with Gasteiger partial charge in [-0.2, -0.15) is 0 Å². The smallest absolute Gasteiger partial charge is 0.237 e. The van der Waals surface area contributed by atoms with E-state index in [1.54, 1.807) is 21.6 Å². The van der Waals surface area contributed by atoms with E-state index in [2.05, 4.69) is 26.1 Å². The lowest BCUT2D eigenvalue weighted by molar-refractivity contribution is -0.126. The SMILES string of the molecule is CC(C)(C)CCSSCC(N)C(=O)NCCC(=O)C(C)(C)C. The van der Waals surface area contributed by atoms with E-state index in [0.29, 0.717) is 24.1 Å². The molecule has 0 aromatic carbocycles. The molecule has 0 aliphatic heterocycles.